The summed E-state index contributed by atoms with van der Waals surface area (Å²) in [6.07, 6.45) is 19.0. The van der Waals surface area contributed by atoms with Crippen molar-refractivity contribution in [3.63, 3.8) is 0 Å². The summed E-state index contributed by atoms with van der Waals surface area (Å²) in [5, 5.41) is 33.7. The van der Waals surface area contributed by atoms with Gasteiger partial charge in [0.15, 0.2) is 17.5 Å². The lowest BCUT2D eigenvalue weighted by atomic mass is 9.81. The van der Waals surface area contributed by atoms with Crippen LogP contribution in [0.25, 0.3) is 85.0 Å². The molecule has 6 aliphatic rings. The molecule has 1 atom stereocenters. The standard InChI is InChI=1S/C27H27N7.C27H27N5.C26H24FN5/c1-27(16-29-2)9-10-32(17-27)23-7-8-24-22(11-23)15-33-14-21(20-5-3-19(13-28)4-6-20)12-25(33)26-31-30-18-34(24)26;1-4-5-12-30(3)24-10-11-25-23(13-24)18-31-17-22(21-8-6-20(15-28)7-9-21)14-26(31)27-29-16-19(2)32(25)27;27-21-3-1-18(2-4-21)19-12-24-25-29-8-10-32(25)23-6-5-22(11-20(23)14-31(24)13-19)30-9-7-26(17-30)15-28-16-26/h3-8,11-12,14,18,29H,9-10,15-17H2,1-2H3;6-11,13-14,16-17H,4-5,12,18H2,1-3H3;1-6,8,10-13,28H,7,9,14-17H2. The number of aromatic nitrogens is 10. The minimum absolute atomic E-state index is 0.215. The topological polar surface area (TPSA) is 162 Å². The van der Waals surface area contributed by atoms with Gasteiger partial charge in [0.25, 0.3) is 0 Å². The predicted molar refractivity (Wildman–Crippen MR) is 386 cm³/mol. The molecule has 6 aliphatic heterocycles. The number of imidazole rings is 2. The summed E-state index contributed by atoms with van der Waals surface area (Å²) < 4.78 is 26.8. The quantitative estimate of drug-likeness (QED) is 0.127. The van der Waals surface area contributed by atoms with Crippen LogP contribution < -0.4 is 25.3 Å². The summed E-state index contributed by atoms with van der Waals surface area (Å²) in [6, 6.07) is 53.5. The molecule has 6 aromatic heterocycles. The largest absolute Gasteiger partial charge is 0.375 e. The molecule has 3 saturated heterocycles. The number of unbranched alkanes of at least 4 members (excludes halogenated alkanes) is 1. The normalized spacial score (nSPS) is 16.2. The molecule has 0 radical (unpaired) electrons. The Morgan fingerprint density at radius 2 is 1.16 bits per heavy atom. The molecule has 18 rings (SSSR count). The number of nitrogens with one attached hydrogen (secondary N) is 2. The number of fused-ring (bicyclic) bond motifs is 15. The third kappa shape index (κ3) is 11.4. The third-order valence-electron chi connectivity index (χ3n) is 21.0. The maximum atomic E-state index is 13.4. The van der Waals surface area contributed by atoms with Gasteiger partial charge < -0.3 is 39.0 Å². The highest BCUT2D eigenvalue weighted by Crippen LogP contribution is 2.43. The monoisotopic (exact) mass is 1300 g/mol. The molecule has 490 valence electrons. The van der Waals surface area contributed by atoms with Crippen molar-refractivity contribution in [2.45, 2.75) is 66.1 Å². The lowest BCUT2D eigenvalue weighted by molar-refractivity contribution is 0.200. The second kappa shape index (κ2) is 25.2. The zero-order chi connectivity index (χ0) is 66.8. The lowest BCUT2D eigenvalue weighted by Gasteiger charge is -2.39. The second-order valence-electron chi connectivity index (χ2n) is 27.8. The van der Waals surface area contributed by atoms with Gasteiger partial charge in [0, 0.05) is 161 Å². The second-order valence-corrected chi connectivity index (χ2v) is 27.8. The first-order chi connectivity index (χ1) is 47.8. The number of hydrogen-bond acceptors (Lipinski definition) is 11. The van der Waals surface area contributed by atoms with Gasteiger partial charge in [0.2, 0.25) is 0 Å². The van der Waals surface area contributed by atoms with Gasteiger partial charge in [-0.05, 0) is 181 Å². The van der Waals surface area contributed by atoms with Crippen LogP contribution in [0.5, 0.6) is 0 Å². The first-order valence-corrected chi connectivity index (χ1v) is 34.2. The SMILES string of the molecule is CCCCN(C)c1ccc2c(c1)Cn1cc(-c3ccc(C#N)cc3)cc1-c1ncc(C)n1-2.CNCC1(C)CCN(c2ccc3c(c2)Cn2cc(-c4ccc(C#N)cc4)cc2-c2nncn2-3)C1.Fc1ccc(-c2cc3n(c2)Cc2cc(N4CCC5(CNC5)C4)ccc2-n2ccnc2-3)cc1. The molecule has 0 aliphatic carbocycles. The van der Waals surface area contributed by atoms with Gasteiger partial charge in [-0.15, -0.1) is 10.2 Å². The van der Waals surface area contributed by atoms with Crippen LogP contribution in [-0.4, -0.2) is 114 Å². The van der Waals surface area contributed by atoms with Crippen LogP contribution in [0.2, 0.25) is 0 Å². The molecule has 1 unspecified atom stereocenters. The molecule has 6 aromatic carbocycles. The van der Waals surface area contributed by atoms with E-state index in [0.717, 1.165) is 151 Å². The van der Waals surface area contributed by atoms with E-state index in [1.807, 2.05) is 86.3 Å². The molecule has 0 bridgehead atoms. The number of rotatable bonds is 11. The third-order valence-corrected chi connectivity index (χ3v) is 21.0. The summed E-state index contributed by atoms with van der Waals surface area (Å²) in [7, 11) is 4.21. The lowest BCUT2D eigenvalue weighted by Crippen LogP contribution is -2.54. The predicted octanol–water partition coefficient (Wildman–Crippen LogP) is 14.2. The van der Waals surface area contributed by atoms with Gasteiger partial charge in [-0.1, -0.05) is 56.7 Å². The highest BCUT2D eigenvalue weighted by molar-refractivity contribution is 5.76. The Kier molecular flexibility index (Phi) is 15.9. The Labute approximate surface area is 570 Å². The fourth-order valence-electron chi connectivity index (χ4n) is 15.5. The van der Waals surface area contributed by atoms with Gasteiger partial charge in [0.05, 0.1) is 57.4 Å². The van der Waals surface area contributed by atoms with Crippen molar-refractivity contribution in [3.8, 4) is 97.1 Å². The molecule has 17 nitrogen and oxygen atoms in total. The van der Waals surface area contributed by atoms with E-state index in [4.69, 9.17) is 15.5 Å². The zero-order valence-electron chi connectivity index (χ0n) is 56.1. The fourth-order valence-corrected chi connectivity index (χ4v) is 15.5. The molecule has 1 spiro atoms. The highest BCUT2D eigenvalue weighted by Gasteiger charge is 2.43. The Morgan fingerprint density at radius 1 is 0.612 bits per heavy atom. The van der Waals surface area contributed by atoms with Crippen molar-refractivity contribution >= 4 is 17.1 Å². The van der Waals surface area contributed by atoms with Crippen LogP contribution in [0.15, 0.2) is 189 Å². The molecular formula is C80H78FN17. The number of nitrogens with zero attached hydrogens (tertiary/aromatic N) is 15. The number of nitriles is 2. The molecule has 2 N–H and O–H groups in total. The van der Waals surface area contributed by atoms with E-state index >= 15 is 0 Å². The van der Waals surface area contributed by atoms with Gasteiger partial charge in [-0.25, -0.2) is 14.4 Å². The maximum absolute atomic E-state index is 13.4. The minimum atomic E-state index is -0.215. The van der Waals surface area contributed by atoms with Crippen molar-refractivity contribution in [1.82, 2.24) is 58.2 Å². The van der Waals surface area contributed by atoms with Crippen molar-refractivity contribution in [1.29, 1.82) is 10.5 Å². The molecule has 12 heterocycles. The van der Waals surface area contributed by atoms with Crippen LogP contribution in [0.4, 0.5) is 21.5 Å². The van der Waals surface area contributed by atoms with Crippen molar-refractivity contribution in [3.05, 3.63) is 228 Å². The fraction of sp³-hybridized carbons (Fsp3) is 0.275. The van der Waals surface area contributed by atoms with Crippen LogP contribution in [0.3, 0.4) is 0 Å². The Bertz CT molecular complexity index is 5060. The number of hydrogen-bond donors (Lipinski definition) is 2. The van der Waals surface area contributed by atoms with Gasteiger partial charge >= 0.3 is 0 Å². The minimum Gasteiger partial charge on any atom is -0.375 e. The molecule has 18 heteroatoms. The summed E-state index contributed by atoms with van der Waals surface area (Å²) in [5.74, 6) is 2.53. The molecular weight excluding hydrogens is 1220 g/mol. The molecule has 3 fully saturated rings. The van der Waals surface area contributed by atoms with E-state index in [0.29, 0.717) is 22.0 Å². The summed E-state index contributed by atoms with van der Waals surface area (Å²) in [6.45, 7) is 17.8. The van der Waals surface area contributed by atoms with Crippen LogP contribution in [0, 0.1) is 46.2 Å². The molecule has 0 saturated carbocycles. The molecule has 0 amide bonds. The first kappa shape index (κ1) is 61.8. The van der Waals surface area contributed by atoms with Gasteiger partial charge in [0.1, 0.15) is 12.1 Å². The van der Waals surface area contributed by atoms with Crippen LogP contribution in [-0.2, 0) is 19.6 Å². The van der Waals surface area contributed by atoms with E-state index in [2.05, 4.69) is 199 Å². The number of benzene rings is 6. The van der Waals surface area contributed by atoms with Gasteiger partial charge in [-0.2, -0.15) is 10.5 Å². The van der Waals surface area contributed by atoms with E-state index in [9.17, 15) is 4.39 Å². The van der Waals surface area contributed by atoms with E-state index < -0.39 is 0 Å². The van der Waals surface area contributed by atoms with Crippen LogP contribution in [0.1, 0.15) is 73.0 Å². The average Bonchev–Trinajstić information content (AvgIpc) is 1.82. The van der Waals surface area contributed by atoms with E-state index in [1.165, 1.54) is 82.9 Å². The highest BCUT2D eigenvalue weighted by atomic mass is 19.1. The Balaban J connectivity index is 0.000000115. The number of halogens is 1. The van der Waals surface area contributed by atoms with Crippen molar-refractivity contribution < 1.29 is 4.39 Å². The Morgan fingerprint density at radius 3 is 1.73 bits per heavy atom. The molecule has 98 heavy (non-hydrogen) atoms. The zero-order valence-corrected chi connectivity index (χ0v) is 56.1. The summed E-state index contributed by atoms with van der Waals surface area (Å²) in [4.78, 5) is 16.9. The molecule has 12 aromatic rings. The summed E-state index contributed by atoms with van der Waals surface area (Å²) >= 11 is 0. The van der Waals surface area contributed by atoms with E-state index in [-0.39, 0.29) is 5.82 Å². The van der Waals surface area contributed by atoms with E-state index in [1.54, 1.807) is 6.33 Å². The van der Waals surface area contributed by atoms with Crippen molar-refractivity contribution in [2.24, 2.45) is 10.8 Å². The maximum Gasteiger partial charge on any atom is 0.185 e. The number of anilines is 3. The van der Waals surface area contributed by atoms with Gasteiger partial charge in [-0.3, -0.25) is 13.7 Å². The van der Waals surface area contributed by atoms with Crippen molar-refractivity contribution in [2.75, 3.05) is 81.2 Å². The smallest absolute Gasteiger partial charge is 0.185 e. The summed E-state index contributed by atoms with van der Waals surface area (Å²) in [5.41, 5.74) is 24.2. The average molecular weight is 1300 g/mol. The first-order valence-electron chi connectivity index (χ1n) is 34.2. The number of aryl methyl sites for hydroxylation is 1. The van der Waals surface area contributed by atoms with Crippen LogP contribution >= 0.6 is 0 Å². The Hall–Kier alpha value is -11.1.